The Morgan fingerprint density at radius 2 is 1.73 bits per heavy atom. The van der Waals surface area contributed by atoms with E-state index in [1.54, 1.807) is 24.1 Å². The summed E-state index contributed by atoms with van der Waals surface area (Å²) < 4.78 is 10.9. The molecular formula is C23H27ClN2O4. The predicted molar refractivity (Wildman–Crippen MR) is 116 cm³/mol. The van der Waals surface area contributed by atoms with Crippen LogP contribution in [0.1, 0.15) is 24.8 Å². The summed E-state index contributed by atoms with van der Waals surface area (Å²) in [5, 5.41) is 3.77. The number of aryl methyl sites for hydroxylation is 1. The molecule has 2 aromatic rings. The number of hydrogen-bond acceptors (Lipinski definition) is 4. The zero-order valence-corrected chi connectivity index (χ0v) is 17.9. The van der Waals surface area contributed by atoms with Crippen LogP contribution in [0.5, 0.6) is 11.5 Å². The highest BCUT2D eigenvalue weighted by atomic mass is 35.5. The molecule has 2 amide bonds. The molecule has 1 aliphatic rings. The highest BCUT2D eigenvalue weighted by Crippen LogP contribution is 2.25. The molecule has 0 radical (unpaired) electrons. The Bertz CT molecular complexity index is 849. The van der Waals surface area contributed by atoms with Crippen molar-refractivity contribution >= 4 is 23.4 Å². The van der Waals surface area contributed by atoms with E-state index < -0.39 is 0 Å². The van der Waals surface area contributed by atoms with Crippen molar-refractivity contribution in [1.29, 1.82) is 0 Å². The molecule has 0 atom stereocenters. The number of rotatable bonds is 8. The number of carbonyl (C=O) groups excluding carboxylic acids is 2. The largest absolute Gasteiger partial charge is 0.493 e. The first kappa shape index (κ1) is 22.0. The molecule has 1 saturated heterocycles. The van der Waals surface area contributed by atoms with Crippen molar-refractivity contribution in [3.05, 3.63) is 59.1 Å². The summed E-state index contributed by atoms with van der Waals surface area (Å²) in [6, 6.07) is 14.9. The maximum Gasteiger partial charge on any atom is 0.260 e. The van der Waals surface area contributed by atoms with Crippen molar-refractivity contribution < 1.29 is 19.1 Å². The van der Waals surface area contributed by atoms with Crippen molar-refractivity contribution in [3.8, 4) is 11.5 Å². The first-order valence-corrected chi connectivity index (χ1v) is 10.5. The molecule has 0 aromatic heterocycles. The minimum absolute atomic E-state index is 0.0293. The Kier molecular flexibility index (Phi) is 7.97. The second-order valence-electron chi connectivity index (χ2n) is 7.29. The Labute approximate surface area is 182 Å². The third-order valence-electron chi connectivity index (χ3n) is 5.19. The molecule has 0 aliphatic carbocycles. The zero-order chi connectivity index (χ0) is 21.3. The van der Waals surface area contributed by atoms with Crippen molar-refractivity contribution in [2.75, 3.05) is 26.8 Å². The van der Waals surface area contributed by atoms with E-state index >= 15 is 0 Å². The van der Waals surface area contributed by atoms with Crippen LogP contribution in [0, 0.1) is 0 Å². The lowest BCUT2D eigenvalue weighted by Crippen LogP contribution is -2.47. The second kappa shape index (κ2) is 10.9. The standard InChI is InChI=1S/C23H27ClN2O4/c1-29-20-4-2-3-5-21(20)30-16-23(28)26-14-12-19(13-15-26)25-22(27)11-8-17-6-9-18(24)10-7-17/h2-7,9-10,19H,8,11-16H2,1H3,(H,25,27). The van der Waals surface area contributed by atoms with Crippen molar-refractivity contribution in [2.45, 2.75) is 31.7 Å². The average molecular weight is 431 g/mol. The molecule has 160 valence electrons. The summed E-state index contributed by atoms with van der Waals surface area (Å²) in [7, 11) is 1.57. The highest BCUT2D eigenvalue weighted by molar-refractivity contribution is 6.30. The topological polar surface area (TPSA) is 67.9 Å². The number of methoxy groups -OCH3 is 1. The fourth-order valence-corrected chi connectivity index (χ4v) is 3.58. The van der Waals surface area contributed by atoms with Gasteiger partial charge in [0.25, 0.3) is 5.91 Å². The lowest BCUT2D eigenvalue weighted by molar-refractivity contribution is -0.134. The molecule has 7 heteroatoms. The smallest absolute Gasteiger partial charge is 0.260 e. The molecule has 1 heterocycles. The number of piperidine rings is 1. The van der Waals surface area contributed by atoms with Gasteiger partial charge in [-0.3, -0.25) is 9.59 Å². The van der Waals surface area contributed by atoms with Gasteiger partial charge in [0.2, 0.25) is 5.91 Å². The summed E-state index contributed by atoms with van der Waals surface area (Å²) in [6.07, 6.45) is 2.61. The summed E-state index contributed by atoms with van der Waals surface area (Å²) >= 11 is 5.88. The van der Waals surface area contributed by atoms with Gasteiger partial charge >= 0.3 is 0 Å². The second-order valence-corrected chi connectivity index (χ2v) is 7.73. The number of hydrogen-bond donors (Lipinski definition) is 1. The SMILES string of the molecule is COc1ccccc1OCC(=O)N1CCC(NC(=O)CCc2ccc(Cl)cc2)CC1. The van der Waals surface area contributed by atoms with Crippen molar-refractivity contribution in [1.82, 2.24) is 10.2 Å². The molecule has 6 nitrogen and oxygen atoms in total. The molecule has 1 aliphatic heterocycles. The van der Waals surface area contributed by atoms with Gasteiger partial charge in [-0.1, -0.05) is 35.9 Å². The first-order valence-electron chi connectivity index (χ1n) is 10.1. The molecule has 0 unspecified atom stereocenters. The fourth-order valence-electron chi connectivity index (χ4n) is 3.45. The predicted octanol–water partition coefficient (Wildman–Crippen LogP) is 3.47. The molecule has 30 heavy (non-hydrogen) atoms. The van der Waals surface area contributed by atoms with Crippen LogP contribution in [0.25, 0.3) is 0 Å². The molecular weight excluding hydrogens is 404 g/mol. The molecule has 1 fully saturated rings. The van der Waals surface area contributed by atoms with Crippen LogP contribution in [0.2, 0.25) is 5.02 Å². The van der Waals surface area contributed by atoms with E-state index in [0.29, 0.717) is 42.5 Å². The first-order chi connectivity index (χ1) is 14.5. The summed E-state index contributed by atoms with van der Waals surface area (Å²) in [5.41, 5.74) is 1.09. The molecule has 0 bridgehead atoms. The number of benzene rings is 2. The number of amides is 2. The van der Waals surface area contributed by atoms with Crippen LogP contribution in [-0.2, 0) is 16.0 Å². The van der Waals surface area contributed by atoms with E-state index in [-0.39, 0.29) is 24.5 Å². The molecule has 0 saturated carbocycles. The third kappa shape index (κ3) is 6.39. The monoisotopic (exact) mass is 430 g/mol. The lowest BCUT2D eigenvalue weighted by atomic mass is 10.0. The van der Waals surface area contributed by atoms with Gasteiger partial charge in [0.15, 0.2) is 18.1 Å². The number of ether oxygens (including phenoxy) is 2. The van der Waals surface area contributed by atoms with E-state index in [0.717, 1.165) is 18.4 Å². The Morgan fingerprint density at radius 3 is 2.40 bits per heavy atom. The van der Waals surface area contributed by atoms with Crippen LogP contribution < -0.4 is 14.8 Å². The van der Waals surface area contributed by atoms with Gasteiger partial charge < -0.3 is 19.7 Å². The van der Waals surface area contributed by atoms with E-state index in [4.69, 9.17) is 21.1 Å². The van der Waals surface area contributed by atoms with E-state index in [1.165, 1.54) is 0 Å². The van der Waals surface area contributed by atoms with Crippen molar-refractivity contribution in [3.63, 3.8) is 0 Å². The highest BCUT2D eigenvalue weighted by Gasteiger charge is 2.24. The van der Waals surface area contributed by atoms with Crippen LogP contribution in [0.15, 0.2) is 48.5 Å². The van der Waals surface area contributed by atoms with Gasteiger partial charge in [-0.15, -0.1) is 0 Å². The van der Waals surface area contributed by atoms with Gasteiger partial charge in [0.05, 0.1) is 7.11 Å². The average Bonchev–Trinajstić information content (AvgIpc) is 2.77. The fraction of sp³-hybridized carbons (Fsp3) is 0.391. The number of nitrogens with one attached hydrogen (secondary N) is 1. The maximum atomic E-state index is 12.4. The van der Waals surface area contributed by atoms with Crippen molar-refractivity contribution in [2.24, 2.45) is 0 Å². The summed E-state index contributed by atoms with van der Waals surface area (Å²) in [4.78, 5) is 26.5. The summed E-state index contributed by atoms with van der Waals surface area (Å²) in [6.45, 7) is 1.19. The normalized spacial score (nSPS) is 14.3. The Hall–Kier alpha value is -2.73. The van der Waals surface area contributed by atoms with Gasteiger partial charge in [0, 0.05) is 30.6 Å². The quantitative estimate of drug-likeness (QED) is 0.696. The third-order valence-corrected chi connectivity index (χ3v) is 5.44. The van der Waals surface area contributed by atoms with Gasteiger partial charge in [0.1, 0.15) is 0 Å². The van der Waals surface area contributed by atoms with Crippen LogP contribution in [0.3, 0.4) is 0 Å². The van der Waals surface area contributed by atoms with E-state index in [1.807, 2.05) is 36.4 Å². The van der Waals surface area contributed by atoms with Crippen LogP contribution >= 0.6 is 11.6 Å². The molecule has 3 rings (SSSR count). The van der Waals surface area contributed by atoms with E-state index in [2.05, 4.69) is 5.32 Å². The number of nitrogens with zero attached hydrogens (tertiary/aromatic N) is 1. The van der Waals surface area contributed by atoms with Crippen LogP contribution in [0.4, 0.5) is 0 Å². The van der Waals surface area contributed by atoms with Crippen LogP contribution in [-0.4, -0.2) is 49.6 Å². The Balaban J connectivity index is 1.37. The van der Waals surface area contributed by atoms with Gasteiger partial charge in [-0.05, 0) is 49.1 Å². The number of likely N-dealkylation sites (tertiary alicyclic amines) is 1. The Morgan fingerprint density at radius 1 is 1.07 bits per heavy atom. The molecule has 0 spiro atoms. The minimum Gasteiger partial charge on any atom is -0.493 e. The molecule has 2 aromatic carbocycles. The number of para-hydroxylation sites is 2. The number of halogens is 1. The van der Waals surface area contributed by atoms with Gasteiger partial charge in [-0.2, -0.15) is 0 Å². The van der Waals surface area contributed by atoms with E-state index in [9.17, 15) is 9.59 Å². The zero-order valence-electron chi connectivity index (χ0n) is 17.1. The summed E-state index contributed by atoms with van der Waals surface area (Å²) in [5.74, 6) is 1.13. The maximum absolute atomic E-state index is 12.4. The molecule has 1 N–H and O–H groups in total. The lowest BCUT2D eigenvalue weighted by Gasteiger charge is -2.32. The minimum atomic E-state index is -0.0616. The van der Waals surface area contributed by atoms with Gasteiger partial charge in [-0.25, -0.2) is 0 Å². The number of carbonyl (C=O) groups is 2.